The van der Waals surface area contributed by atoms with E-state index in [9.17, 15) is 13.2 Å². The van der Waals surface area contributed by atoms with E-state index in [2.05, 4.69) is 0 Å². The predicted molar refractivity (Wildman–Crippen MR) is 110 cm³/mol. The van der Waals surface area contributed by atoms with Crippen LogP contribution in [0.25, 0.3) is 10.8 Å². The van der Waals surface area contributed by atoms with E-state index in [-0.39, 0.29) is 23.5 Å². The molecule has 146 valence electrons. The highest BCUT2D eigenvalue weighted by atomic mass is 32.2. The van der Waals surface area contributed by atoms with E-state index in [1.54, 1.807) is 36.2 Å². The standard InChI is InChI=1S/C22H23NO4S/c1-16(17-9-12-21(13-10-17)28(3,25)26)23(2)22(24)15-27-20-11-8-18-6-4-5-7-19(18)14-20/h4-14,16H,15H2,1-3H3/t16-/m0/s1. The Morgan fingerprint density at radius 1 is 1.00 bits per heavy atom. The Morgan fingerprint density at radius 2 is 1.64 bits per heavy atom. The van der Waals surface area contributed by atoms with Gasteiger partial charge in [-0.25, -0.2) is 8.42 Å². The molecule has 0 aliphatic rings. The second-order valence-electron chi connectivity index (χ2n) is 6.82. The molecule has 6 heteroatoms. The first-order valence-corrected chi connectivity index (χ1v) is 10.8. The molecule has 0 radical (unpaired) electrons. The number of ether oxygens (including phenoxy) is 1. The first-order valence-electron chi connectivity index (χ1n) is 8.93. The van der Waals surface area contributed by atoms with Crippen molar-refractivity contribution >= 4 is 26.5 Å². The summed E-state index contributed by atoms with van der Waals surface area (Å²) in [4.78, 5) is 14.4. The van der Waals surface area contributed by atoms with Gasteiger partial charge in [-0.2, -0.15) is 0 Å². The molecule has 1 amide bonds. The predicted octanol–water partition coefficient (Wildman–Crippen LogP) is 3.84. The highest BCUT2D eigenvalue weighted by Crippen LogP contribution is 2.23. The summed E-state index contributed by atoms with van der Waals surface area (Å²) in [6.07, 6.45) is 1.17. The van der Waals surface area contributed by atoms with Gasteiger partial charge in [0.15, 0.2) is 16.4 Å². The number of nitrogens with zero attached hydrogens (tertiary/aromatic N) is 1. The number of carbonyl (C=O) groups excluding carboxylic acids is 1. The van der Waals surface area contributed by atoms with E-state index in [0.29, 0.717) is 5.75 Å². The lowest BCUT2D eigenvalue weighted by atomic mass is 10.1. The molecule has 0 aromatic heterocycles. The van der Waals surface area contributed by atoms with E-state index in [4.69, 9.17) is 4.74 Å². The SMILES string of the molecule is C[C@@H](c1ccc(S(C)(=O)=O)cc1)N(C)C(=O)COc1ccc2ccccc2c1. The number of hydrogen-bond acceptors (Lipinski definition) is 4. The fourth-order valence-corrected chi connectivity index (χ4v) is 3.57. The fraction of sp³-hybridized carbons (Fsp3) is 0.227. The molecule has 28 heavy (non-hydrogen) atoms. The van der Waals surface area contributed by atoms with E-state index in [1.165, 1.54) is 6.26 Å². The maximum Gasteiger partial charge on any atom is 0.260 e. The van der Waals surface area contributed by atoms with E-state index >= 15 is 0 Å². The number of amides is 1. The average molecular weight is 397 g/mol. The molecular formula is C22H23NO4S. The van der Waals surface area contributed by atoms with Crippen LogP contribution in [-0.2, 0) is 14.6 Å². The molecule has 0 aliphatic heterocycles. The van der Waals surface area contributed by atoms with Crippen molar-refractivity contribution in [3.05, 3.63) is 72.3 Å². The largest absolute Gasteiger partial charge is 0.484 e. The summed E-state index contributed by atoms with van der Waals surface area (Å²) in [5, 5.41) is 2.17. The van der Waals surface area contributed by atoms with Gasteiger partial charge in [0, 0.05) is 13.3 Å². The Balaban J connectivity index is 1.64. The maximum absolute atomic E-state index is 12.5. The minimum Gasteiger partial charge on any atom is -0.484 e. The van der Waals surface area contributed by atoms with Crippen LogP contribution in [0.1, 0.15) is 18.5 Å². The summed E-state index contributed by atoms with van der Waals surface area (Å²) in [7, 11) is -1.53. The summed E-state index contributed by atoms with van der Waals surface area (Å²) < 4.78 is 28.8. The zero-order valence-corrected chi connectivity index (χ0v) is 16.9. The Hall–Kier alpha value is -2.86. The van der Waals surface area contributed by atoms with Crippen molar-refractivity contribution in [2.75, 3.05) is 19.9 Å². The van der Waals surface area contributed by atoms with Gasteiger partial charge in [0.2, 0.25) is 0 Å². The van der Waals surface area contributed by atoms with Crippen molar-refractivity contribution in [1.29, 1.82) is 0 Å². The molecule has 0 saturated carbocycles. The van der Waals surface area contributed by atoms with Gasteiger partial charge in [-0.15, -0.1) is 0 Å². The Kier molecular flexibility index (Phi) is 5.70. The van der Waals surface area contributed by atoms with Gasteiger partial charge in [-0.3, -0.25) is 4.79 Å². The number of benzene rings is 3. The van der Waals surface area contributed by atoms with Gasteiger partial charge in [0.1, 0.15) is 5.75 Å². The molecule has 3 aromatic rings. The van der Waals surface area contributed by atoms with Crippen LogP contribution in [0.5, 0.6) is 5.75 Å². The van der Waals surface area contributed by atoms with Crippen LogP contribution >= 0.6 is 0 Å². The molecule has 0 aliphatic carbocycles. The molecule has 1 atom stereocenters. The zero-order chi connectivity index (χ0) is 20.3. The van der Waals surface area contributed by atoms with E-state index in [1.807, 2.05) is 49.4 Å². The van der Waals surface area contributed by atoms with Crippen LogP contribution in [0.15, 0.2) is 71.6 Å². The molecule has 0 N–H and O–H groups in total. The Morgan fingerprint density at radius 3 is 2.29 bits per heavy atom. The highest BCUT2D eigenvalue weighted by molar-refractivity contribution is 7.90. The first kappa shape index (κ1) is 19.9. The molecule has 3 aromatic carbocycles. The third-order valence-corrected chi connectivity index (χ3v) is 5.98. The second kappa shape index (κ2) is 8.02. The van der Waals surface area contributed by atoms with Crippen molar-refractivity contribution in [2.45, 2.75) is 17.9 Å². The molecule has 0 spiro atoms. The fourth-order valence-electron chi connectivity index (χ4n) is 2.94. The van der Waals surface area contributed by atoms with Gasteiger partial charge in [-0.05, 0) is 47.5 Å². The van der Waals surface area contributed by atoms with Crippen molar-refractivity contribution in [3.63, 3.8) is 0 Å². The number of likely N-dealkylation sites (N-methyl/N-ethyl adjacent to an activating group) is 1. The smallest absolute Gasteiger partial charge is 0.260 e. The van der Waals surface area contributed by atoms with E-state index < -0.39 is 9.84 Å². The van der Waals surface area contributed by atoms with Crippen LogP contribution in [0, 0.1) is 0 Å². The molecule has 0 bridgehead atoms. The molecular weight excluding hydrogens is 374 g/mol. The van der Waals surface area contributed by atoms with Crippen LogP contribution in [0.4, 0.5) is 0 Å². The summed E-state index contributed by atoms with van der Waals surface area (Å²) in [5.41, 5.74) is 0.856. The maximum atomic E-state index is 12.5. The average Bonchev–Trinajstić information content (AvgIpc) is 2.70. The number of sulfone groups is 1. The summed E-state index contributed by atoms with van der Waals surface area (Å²) in [6, 6.07) is 20.1. The second-order valence-corrected chi connectivity index (χ2v) is 8.84. The number of fused-ring (bicyclic) bond motifs is 1. The van der Waals surface area contributed by atoms with Crippen LogP contribution in [0.2, 0.25) is 0 Å². The van der Waals surface area contributed by atoms with Gasteiger partial charge in [0.25, 0.3) is 5.91 Å². The Labute approximate surface area is 165 Å². The van der Waals surface area contributed by atoms with Gasteiger partial charge in [0.05, 0.1) is 10.9 Å². The third-order valence-electron chi connectivity index (χ3n) is 4.85. The van der Waals surface area contributed by atoms with Gasteiger partial charge < -0.3 is 9.64 Å². The molecule has 0 fully saturated rings. The van der Waals surface area contributed by atoms with Crippen LogP contribution in [-0.4, -0.2) is 39.1 Å². The zero-order valence-electron chi connectivity index (χ0n) is 16.1. The first-order chi connectivity index (χ1) is 13.3. The lowest BCUT2D eigenvalue weighted by Gasteiger charge is -2.25. The monoisotopic (exact) mass is 397 g/mol. The van der Waals surface area contributed by atoms with Crippen LogP contribution in [0.3, 0.4) is 0 Å². The van der Waals surface area contributed by atoms with E-state index in [0.717, 1.165) is 16.3 Å². The molecule has 3 rings (SSSR count). The number of carbonyl (C=O) groups is 1. The van der Waals surface area contributed by atoms with Crippen molar-refractivity contribution in [2.24, 2.45) is 0 Å². The van der Waals surface area contributed by atoms with Gasteiger partial charge in [-0.1, -0.05) is 42.5 Å². The minimum absolute atomic E-state index is 0.0688. The molecule has 0 unspecified atom stereocenters. The highest BCUT2D eigenvalue weighted by Gasteiger charge is 2.18. The topological polar surface area (TPSA) is 63.7 Å². The van der Waals surface area contributed by atoms with Crippen molar-refractivity contribution in [3.8, 4) is 5.75 Å². The number of rotatable bonds is 6. The summed E-state index contributed by atoms with van der Waals surface area (Å²) >= 11 is 0. The van der Waals surface area contributed by atoms with Gasteiger partial charge >= 0.3 is 0 Å². The number of hydrogen-bond donors (Lipinski definition) is 0. The normalized spacial score (nSPS) is 12.5. The summed E-state index contributed by atoms with van der Waals surface area (Å²) in [5.74, 6) is 0.485. The summed E-state index contributed by atoms with van der Waals surface area (Å²) in [6.45, 7) is 1.82. The quantitative estimate of drug-likeness (QED) is 0.634. The Bertz CT molecular complexity index is 1090. The van der Waals surface area contributed by atoms with Crippen molar-refractivity contribution < 1.29 is 17.9 Å². The van der Waals surface area contributed by atoms with Crippen LogP contribution < -0.4 is 4.74 Å². The third kappa shape index (κ3) is 4.51. The molecule has 0 heterocycles. The molecule has 0 saturated heterocycles. The lowest BCUT2D eigenvalue weighted by molar-refractivity contribution is -0.134. The van der Waals surface area contributed by atoms with Crippen molar-refractivity contribution in [1.82, 2.24) is 4.90 Å². The molecule has 5 nitrogen and oxygen atoms in total. The minimum atomic E-state index is -3.24. The lowest BCUT2D eigenvalue weighted by Crippen LogP contribution is -2.33.